The second-order valence-electron chi connectivity index (χ2n) is 9.20. The SMILES string of the molecule is CCOc1cc(/C=C2\SC(=Nc3ccc(Cl)cc3)N(CC(C)C)C2=O)ccc1OCc1ccc(C)cc1. The molecule has 0 atom stereocenters. The van der Waals surface area contributed by atoms with Crippen molar-refractivity contribution in [3.8, 4) is 11.5 Å². The molecule has 1 aliphatic rings. The van der Waals surface area contributed by atoms with Crippen molar-refractivity contribution in [3.63, 3.8) is 0 Å². The summed E-state index contributed by atoms with van der Waals surface area (Å²) in [5.41, 5.74) is 3.91. The van der Waals surface area contributed by atoms with Gasteiger partial charge in [0.25, 0.3) is 5.91 Å². The van der Waals surface area contributed by atoms with Gasteiger partial charge in [-0.15, -0.1) is 0 Å². The summed E-state index contributed by atoms with van der Waals surface area (Å²) < 4.78 is 11.9. The molecule has 192 valence electrons. The highest BCUT2D eigenvalue weighted by Crippen LogP contribution is 2.36. The van der Waals surface area contributed by atoms with E-state index in [2.05, 4.69) is 45.0 Å². The Hall–Kier alpha value is -3.22. The minimum atomic E-state index is -0.0518. The number of amidine groups is 1. The summed E-state index contributed by atoms with van der Waals surface area (Å²) in [5.74, 6) is 1.56. The number of benzene rings is 3. The number of aliphatic imine (C=N–C) groups is 1. The number of nitrogens with zero attached hydrogens (tertiary/aromatic N) is 2. The lowest BCUT2D eigenvalue weighted by Gasteiger charge is -2.17. The van der Waals surface area contributed by atoms with Crippen LogP contribution < -0.4 is 9.47 Å². The van der Waals surface area contributed by atoms with Crippen molar-refractivity contribution >= 4 is 46.2 Å². The molecule has 0 unspecified atom stereocenters. The number of aryl methyl sites for hydroxylation is 1. The van der Waals surface area contributed by atoms with Crippen molar-refractivity contribution in [3.05, 3.63) is 93.3 Å². The third-order valence-corrected chi connectivity index (χ3v) is 6.83. The average molecular weight is 535 g/mol. The van der Waals surface area contributed by atoms with Gasteiger partial charge in [0.05, 0.1) is 17.2 Å². The van der Waals surface area contributed by atoms with Crippen molar-refractivity contribution in [2.45, 2.75) is 34.3 Å². The van der Waals surface area contributed by atoms with Crippen LogP contribution in [-0.4, -0.2) is 29.1 Å². The lowest BCUT2D eigenvalue weighted by molar-refractivity contribution is -0.122. The molecule has 0 spiro atoms. The number of halogens is 1. The van der Waals surface area contributed by atoms with E-state index in [4.69, 9.17) is 26.1 Å². The fourth-order valence-electron chi connectivity index (χ4n) is 3.74. The Bertz CT molecular complexity index is 1300. The lowest BCUT2D eigenvalue weighted by Crippen LogP contribution is -2.32. The van der Waals surface area contributed by atoms with Crippen LogP contribution in [0.15, 0.2) is 76.6 Å². The summed E-state index contributed by atoms with van der Waals surface area (Å²) in [5, 5.41) is 1.31. The molecule has 0 bridgehead atoms. The molecule has 1 amide bonds. The normalized spacial score (nSPS) is 15.7. The predicted molar refractivity (Wildman–Crippen MR) is 154 cm³/mol. The van der Waals surface area contributed by atoms with Gasteiger partial charge in [-0.1, -0.05) is 61.3 Å². The molecule has 0 N–H and O–H groups in total. The Morgan fingerprint density at radius 3 is 2.41 bits per heavy atom. The van der Waals surface area contributed by atoms with Crippen LogP contribution in [0.3, 0.4) is 0 Å². The van der Waals surface area contributed by atoms with Crippen LogP contribution in [0, 0.1) is 12.8 Å². The molecule has 0 saturated carbocycles. The zero-order valence-electron chi connectivity index (χ0n) is 21.5. The number of ether oxygens (including phenoxy) is 2. The van der Waals surface area contributed by atoms with Gasteiger partial charge in [-0.2, -0.15) is 0 Å². The third kappa shape index (κ3) is 7.18. The molecule has 1 aliphatic heterocycles. The summed E-state index contributed by atoms with van der Waals surface area (Å²) >= 11 is 7.40. The van der Waals surface area contributed by atoms with E-state index in [1.54, 1.807) is 17.0 Å². The predicted octanol–water partition coefficient (Wildman–Crippen LogP) is 7.89. The molecular weight excluding hydrogens is 504 g/mol. The number of thioether (sulfide) groups is 1. The summed E-state index contributed by atoms with van der Waals surface area (Å²) in [6, 6.07) is 21.3. The molecule has 0 aromatic heterocycles. The van der Waals surface area contributed by atoms with E-state index >= 15 is 0 Å². The first-order valence-corrected chi connectivity index (χ1v) is 13.5. The maximum Gasteiger partial charge on any atom is 0.266 e. The quantitative estimate of drug-likeness (QED) is 0.262. The van der Waals surface area contributed by atoms with Gasteiger partial charge in [0, 0.05) is 11.6 Å². The summed E-state index contributed by atoms with van der Waals surface area (Å²) in [4.78, 5) is 20.4. The minimum absolute atomic E-state index is 0.0518. The van der Waals surface area contributed by atoms with Crippen LogP contribution in [0.25, 0.3) is 6.08 Å². The smallest absolute Gasteiger partial charge is 0.266 e. The number of hydrogen-bond acceptors (Lipinski definition) is 5. The van der Waals surface area contributed by atoms with Crippen LogP contribution in [0.2, 0.25) is 5.02 Å². The van der Waals surface area contributed by atoms with Crippen molar-refractivity contribution in [2.75, 3.05) is 13.2 Å². The highest BCUT2D eigenvalue weighted by atomic mass is 35.5. The summed E-state index contributed by atoms with van der Waals surface area (Å²) in [6.07, 6.45) is 1.89. The fraction of sp³-hybridized carbons (Fsp3) is 0.267. The van der Waals surface area contributed by atoms with Crippen LogP contribution in [0.5, 0.6) is 11.5 Å². The molecule has 37 heavy (non-hydrogen) atoms. The maximum atomic E-state index is 13.3. The zero-order chi connectivity index (χ0) is 26.4. The first-order valence-electron chi connectivity index (χ1n) is 12.3. The molecule has 7 heteroatoms. The van der Waals surface area contributed by atoms with Crippen molar-refractivity contribution in [1.29, 1.82) is 0 Å². The standard InChI is InChI=1S/C30H31ClN2O3S/c1-5-35-27-16-23(10-15-26(27)36-19-22-8-6-21(4)7-9-22)17-28-29(34)33(18-20(2)3)30(37-28)32-25-13-11-24(31)12-14-25/h6-17,20H,5,18-19H2,1-4H3/b28-17-,32-30?. The Balaban J connectivity index is 1.58. The molecule has 0 aliphatic carbocycles. The van der Waals surface area contributed by atoms with Crippen LogP contribution in [0.1, 0.15) is 37.5 Å². The largest absolute Gasteiger partial charge is 0.490 e. The molecule has 5 nitrogen and oxygen atoms in total. The second-order valence-corrected chi connectivity index (χ2v) is 10.7. The number of carbonyl (C=O) groups is 1. The fourth-order valence-corrected chi connectivity index (χ4v) is 4.88. The minimum Gasteiger partial charge on any atom is -0.490 e. The van der Waals surface area contributed by atoms with Crippen LogP contribution in [-0.2, 0) is 11.4 Å². The Kier molecular flexibility index (Phi) is 8.95. The Morgan fingerprint density at radius 1 is 1.00 bits per heavy atom. The van der Waals surface area contributed by atoms with Gasteiger partial charge >= 0.3 is 0 Å². The van der Waals surface area contributed by atoms with Gasteiger partial charge in [0.15, 0.2) is 16.7 Å². The number of carbonyl (C=O) groups excluding carboxylic acids is 1. The van der Waals surface area contributed by atoms with E-state index < -0.39 is 0 Å². The van der Waals surface area contributed by atoms with E-state index in [0.717, 1.165) is 16.8 Å². The first-order chi connectivity index (χ1) is 17.8. The van der Waals surface area contributed by atoms with Gasteiger partial charge in [0.1, 0.15) is 6.61 Å². The topological polar surface area (TPSA) is 51.1 Å². The molecule has 0 radical (unpaired) electrons. The van der Waals surface area contributed by atoms with Crippen LogP contribution >= 0.6 is 23.4 Å². The van der Waals surface area contributed by atoms with Gasteiger partial charge in [0.2, 0.25) is 0 Å². The van der Waals surface area contributed by atoms with E-state index in [0.29, 0.717) is 52.3 Å². The highest BCUT2D eigenvalue weighted by Gasteiger charge is 2.33. The molecule has 4 rings (SSSR count). The lowest BCUT2D eigenvalue weighted by atomic mass is 10.1. The molecular formula is C30H31ClN2O3S. The zero-order valence-corrected chi connectivity index (χ0v) is 23.1. The van der Waals surface area contributed by atoms with Crippen LogP contribution in [0.4, 0.5) is 5.69 Å². The summed E-state index contributed by atoms with van der Waals surface area (Å²) in [7, 11) is 0. The van der Waals surface area contributed by atoms with Gasteiger partial charge in [-0.3, -0.25) is 9.69 Å². The third-order valence-electron chi connectivity index (χ3n) is 5.57. The molecule has 1 saturated heterocycles. The second kappa shape index (κ2) is 12.3. The van der Waals surface area contributed by atoms with E-state index in [-0.39, 0.29) is 5.91 Å². The van der Waals surface area contributed by atoms with E-state index in [1.807, 2.05) is 43.3 Å². The average Bonchev–Trinajstić information content (AvgIpc) is 3.14. The molecule has 1 heterocycles. The molecule has 3 aromatic carbocycles. The first kappa shape index (κ1) is 26.8. The van der Waals surface area contributed by atoms with Crippen molar-refractivity contribution < 1.29 is 14.3 Å². The number of amides is 1. The van der Waals surface area contributed by atoms with E-state index in [1.165, 1.54) is 17.3 Å². The Morgan fingerprint density at radius 2 is 1.73 bits per heavy atom. The van der Waals surface area contributed by atoms with E-state index in [9.17, 15) is 4.79 Å². The monoisotopic (exact) mass is 534 g/mol. The van der Waals surface area contributed by atoms with Crippen molar-refractivity contribution in [1.82, 2.24) is 4.90 Å². The molecule has 1 fully saturated rings. The Labute approximate surface area is 228 Å². The van der Waals surface area contributed by atoms with Gasteiger partial charge in [-0.05, 0) is 85.1 Å². The highest BCUT2D eigenvalue weighted by molar-refractivity contribution is 8.18. The number of rotatable bonds is 9. The van der Waals surface area contributed by atoms with Crippen molar-refractivity contribution in [2.24, 2.45) is 10.9 Å². The summed E-state index contributed by atoms with van der Waals surface area (Å²) in [6.45, 7) is 9.72. The molecule has 3 aromatic rings. The number of hydrogen-bond donors (Lipinski definition) is 0. The maximum absolute atomic E-state index is 13.3. The van der Waals surface area contributed by atoms with Gasteiger partial charge < -0.3 is 9.47 Å². The van der Waals surface area contributed by atoms with Gasteiger partial charge in [-0.25, -0.2) is 4.99 Å².